The summed E-state index contributed by atoms with van der Waals surface area (Å²) in [5.41, 5.74) is -1.51. The van der Waals surface area contributed by atoms with E-state index in [4.69, 9.17) is 86.0 Å². The number of aliphatic hydroxyl groups excluding tert-OH is 2. The largest absolute Gasteiger partial charge is 0.463 e. The molecule has 606 valence electrons. The fourth-order valence-electron chi connectivity index (χ4n) is 13.8. The number of esters is 7. The fraction of sp³-hybridized carbons (Fsp3) is 0.765. The fourth-order valence-corrected chi connectivity index (χ4v) is 13.8. The molecule has 25 nitrogen and oxygen atoms in total. The predicted octanol–water partition coefficient (Wildman–Crippen LogP) is 12.1. The second kappa shape index (κ2) is 44.8. The van der Waals surface area contributed by atoms with Crippen LogP contribution in [-0.4, -0.2) is 220 Å². The van der Waals surface area contributed by atoms with Crippen molar-refractivity contribution in [2.75, 3.05) is 61.0 Å². The van der Waals surface area contributed by atoms with E-state index >= 15 is 0 Å². The van der Waals surface area contributed by atoms with Crippen molar-refractivity contribution in [3.05, 3.63) is 73.4 Å². The Balaban J connectivity index is 0.000000331. The summed E-state index contributed by atoms with van der Waals surface area (Å²) in [4.78, 5) is 80.2. The number of hydrogen-bond acceptors (Lipinski definition) is 25. The van der Waals surface area contributed by atoms with Crippen LogP contribution in [0.25, 0.3) is 0 Å². The van der Waals surface area contributed by atoms with E-state index in [2.05, 4.69) is 39.5 Å². The highest BCUT2D eigenvalue weighted by atomic mass is 16.6. The maximum absolute atomic E-state index is 12.0. The van der Waals surface area contributed by atoms with Crippen LogP contribution < -0.4 is 0 Å². The van der Waals surface area contributed by atoms with Gasteiger partial charge in [-0.15, -0.1) is 0 Å². The average molecular weight is 1510 g/mol. The molecular weight excluding hydrogens is 1370 g/mol. The lowest BCUT2D eigenvalue weighted by Gasteiger charge is -2.41. The van der Waals surface area contributed by atoms with Gasteiger partial charge >= 0.3 is 41.8 Å². The van der Waals surface area contributed by atoms with Crippen molar-refractivity contribution in [1.82, 2.24) is 0 Å². The van der Waals surface area contributed by atoms with Gasteiger partial charge in [0.1, 0.15) is 40.2 Å². The van der Waals surface area contributed by atoms with Crippen molar-refractivity contribution >= 4 is 41.8 Å². The molecule has 0 spiro atoms. The molecule has 2 N–H and O–H groups in total. The maximum Gasteiger partial charge on any atom is 0.333 e. The third kappa shape index (κ3) is 31.0. The van der Waals surface area contributed by atoms with Crippen LogP contribution in [0.5, 0.6) is 0 Å². The third-order valence-corrected chi connectivity index (χ3v) is 19.9. The molecule has 0 radical (unpaired) electrons. The Bertz CT molecular complexity index is 2880. The van der Waals surface area contributed by atoms with Crippen molar-refractivity contribution < 1.29 is 120 Å². The first-order chi connectivity index (χ1) is 49.6. The van der Waals surface area contributed by atoms with Crippen LogP contribution in [0.1, 0.15) is 232 Å². The number of hydrogen-bond donors (Lipinski definition) is 2. The Morgan fingerprint density at radius 3 is 0.915 bits per heavy atom. The number of aliphatic hydroxyl groups is 2. The van der Waals surface area contributed by atoms with E-state index in [1.807, 2.05) is 41.5 Å². The smallest absolute Gasteiger partial charge is 0.333 e. The van der Waals surface area contributed by atoms with E-state index in [0.717, 1.165) is 134 Å². The first-order valence-corrected chi connectivity index (χ1v) is 37.6. The van der Waals surface area contributed by atoms with Gasteiger partial charge in [-0.05, 0) is 218 Å². The van der Waals surface area contributed by atoms with Crippen LogP contribution in [-0.2, 0) is 109 Å². The molecule has 12 atom stereocenters. The molecule has 25 heteroatoms. The first-order valence-electron chi connectivity index (χ1n) is 37.6. The number of rotatable bonds is 28. The summed E-state index contributed by atoms with van der Waals surface area (Å²) in [5.74, 6) is -2.53. The molecule has 0 aromatic rings. The molecule has 8 fully saturated rings. The molecule has 0 aromatic carbocycles. The summed E-state index contributed by atoms with van der Waals surface area (Å²) in [5, 5.41) is 17.9. The lowest BCUT2D eigenvalue weighted by atomic mass is 9.79. The number of ether oxygens (including phenoxy) is 16. The third-order valence-electron chi connectivity index (χ3n) is 19.9. The molecule has 0 bridgehead atoms. The van der Waals surface area contributed by atoms with Crippen molar-refractivity contribution in [1.29, 1.82) is 0 Å². The van der Waals surface area contributed by atoms with Crippen molar-refractivity contribution in [3.63, 3.8) is 0 Å². The average Bonchev–Trinajstić information content (AvgIpc) is 1.63. The quantitative estimate of drug-likeness (QED) is 0.0418. The minimum atomic E-state index is -0.721. The van der Waals surface area contributed by atoms with Crippen LogP contribution in [0.15, 0.2) is 73.4 Å². The Kier molecular flexibility index (Phi) is 40.0. The molecule has 8 rings (SSSR count). The highest BCUT2D eigenvalue weighted by Crippen LogP contribution is 2.44. The molecule has 0 amide bonds. The highest BCUT2D eigenvalue weighted by molar-refractivity contribution is 5.89. The maximum atomic E-state index is 12.0. The van der Waals surface area contributed by atoms with Gasteiger partial charge in [-0.25, -0.2) is 28.8 Å². The summed E-state index contributed by atoms with van der Waals surface area (Å²) in [6.45, 7) is 47.7. The topological polar surface area (TPSA) is 308 Å². The van der Waals surface area contributed by atoms with E-state index < -0.39 is 51.5 Å². The number of carbonyl (C=O) groups excluding carboxylic acids is 7. The van der Waals surface area contributed by atoms with Gasteiger partial charge in [0, 0.05) is 62.2 Å². The predicted molar refractivity (Wildman–Crippen MR) is 398 cm³/mol. The van der Waals surface area contributed by atoms with Crippen molar-refractivity contribution in [2.24, 2.45) is 0 Å². The van der Waals surface area contributed by atoms with E-state index in [1.165, 1.54) is 13.3 Å². The summed E-state index contributed by atoms with van der Waals surface area (Å²) >= 11 is 0. The molecule has 6 aliphatic heterocycles. The lowest BCUT2D eigenvalue weighted by Crippen LogP contribution is -2.48. The number of carbonyl (C=O) groups is 7. The normalized spacial score (nSPS) is 26.4. The Morgan fingerprint density at radius 1 is 0.377 bits per heavy atom. The standard InChI is InChI=1S/C16H26O4.C15H24O4.C14H22O5.C13H22O4.C12H20O4.C11H18O4/c1-12(2)15(17)20-16(9-5-4-6-10-16)14-8-7-13(19-14)11-18-3;1-11(2)14(16)19-15(8-4-5-9-15)13-7-6-12(18-13)10-17-3;1-9(2)13(16)19-14(4,5)12-7-6-11(18-12)8-17-10(3)15;1-9(2)12(14)17-13(3,4)11-7-6-10(16-11)8-15-5;1-8(2)11(14)16-12(3,4)10-6-5-9(7-13)15-10;1-4-10(13)15-11(2,3)9-6-5-8(7-12)14-9/h13-14H,1,4-11H2,2-3H3;12-13H,1,4-10H2,2-3H3;11-12H,1,6-8H2,2-5H3;10-11H,1,6-8H2,2-5H3;9-10,13H,1,5-7H2,2-4H3;4,8-9,12H,1,5-7H2,2-3H3. The molecule has 2 saturated carbocycles. The monoisotopic (exact) mass is 1500 g/mol. The molecule has 6 heterocycles. The number of methoxy groups -OCH3 is 3. The van der Waals surface area contributed by atoms with Crippen molar-refractivity contribution in [3.8, 4) is 0 Å². The van der Waals surface area contributed by atoms with Crippen LogP contribution in [0.4, 0.5) is 0 Å². The van der Waals surface area contributed by atoms with Crippen molar-refractivity contribution in [2.45, 2.75) is 339 Å². The molecule has 8 aliphatic rings. The molecular formula is C81H132O25. The van der Waals surface area contributed by atoms with E-state index in [0.29, 0.717) is 47.7 Å². The van der Waals surface area contributed by atoms with Crippen LogP contribution in [0.3, 0.4) is 0 Å². The second-order valence-electron chi connectivity index (χ2n) is 31.3. The van der Waals surface area contributed by atoms with E-state index in [-0.39, 0.29) is 117 Å². The lowest BCUT2D eigenvalue weighted by molar-refractivity contribution is -0.182. The van der Waals surface area contributed by atoms with Gasteiger partial charge in [-0.2, -0.15) is 0 Å². The van der Waals surface area contributed by atoms with Crippen LogP contribution in [0.2, 0.25) is 0 Å². The summed E-state index contributed by atoms with van der Waals surface area (Å²) in [6.07, 6.45) is 20.1. The van der Waals surface area contributed by atoms with Crippen LogP contribution in [0, 0.1) is 0 Å². The van der Waals surface area contributed by atoms with Gasteiger partial charge in [0.25, 0.3) is 0 Å². The minimum absolute atomic E-state index is 0.00579. The molecule has 2 aliphatic carbocycles. The van der Waals surface area contributed by atoms with Gasteiger partial charge in [0.15, 0.2) is 0 Å². The molecule has 6 saturated heterocycles. The molecule has 0 aromatic heterocycles. The highest BCUT2D eigenvalue weighted by Gasteiger charge is 2.51. The van der Waals surface area contributed by atoms with Crippen LogP contribution >= 0.6 is 0 Å². The van der Waals surface area contributed by atoms with E-state index in [9.17, 15) is 33.6 Å². The van der Waals surface area contributed by atoms with E-state index in [1.54, 1.807) is 69.8 Å². The van der Waals surface area contributed by atoms with Gasteiger partial charge in [-0.1, -0.05) is 45.9 Å². The van der Waals surface area contributed by atoms with Gasteiger partial charge in [0.2, 0.25) is 0 Å². The van der Waals surface area contributed by atoms with Gasteiger partial charge in [-0.3, -0.25) is 4.79 Å². The minimum Gasteiger partial charge on any atom is -0.463 e. The second-order valence-corrected chi connectivity index (χ2v) is 31.3. The first kappa shape index (κ1) is 94.5. The SMILES string of the molecule is C=C(C)C(=O)OC(C)(C)C1CCC(CO)O1.C=C(C)C(=O)OC(C)(C)C1CCC(COC(C)=O)O1.C=C(C)C(=O)OC(C)(C)C1CCC(COC)O1.C=C(C)C(=O)OC1(C2CCC(COC)O2)CCCC1.C=C(C)C(=O)OC1(C2CCC(COC)O2)CCCCC1.C=CC(=O)OC(C)(C)C1CCC(CO)O1. The zero-order valence-corrected chi connectivity index (χ0v) is 67.1. The molecule has 12 unspecified atom stereocenters. The Hall–Kier alpha value is -5.71. The zero-order valence-electron chi connectivity index (χ0n) is 67.1. The summed E-state index contributed by atoms with van der Waals surface area (Å²) < 4.78 is 88.1. The zero-order chi connectivity index (χ0) is 80.0. The summed E-state index contributed by atoms with van der Waals surface area (Å²) in [6, 6.07) is 0. The van der Waals surface area contributed by atoms with Gasteiger partial charge in [0.05, 0.1) is 106 Å². The Labute approximate surface area is 631 Å². The molecule has 106 heavy (non-hydrogen) atoms. The van der Waals surface area contributed by atoms with Gasteiger partial charge < -0.3 is 86.0 Å². The Morgan fingerprint density at radius 2 is 0.642 bits per heavy atom. The summed E-state index contributed by atoms with van der Waals surface area (Å²) in [7, 11) is 5.03.